The van der Waals surface area contributed by atoms with Crippen LogP contribution < -0.4 is 10.6 Å². The zero-order valence-electron chi connectivity index (χ0n) is 24.3. The van der Waals surface area contributed by atoms with Gasteiger partial charge >= 0.3 is 6.09 Å². The molecule has 0 saturated carbocycles. The van der Waals surface area contributed by atoms with E-state index in [9.17, 15) is 14.4 Å². The Hall–Kier alpha value is -3.81. The Kier molecular flexibility index (Phi) is 8.86. The van der Waals surface area contributed by atoms with E-state index in [0.717, 1.165) is 35.7 Å². The molecule has 1 aromatic heterocycles. The number of hydrogen-bond donors (Lipinski definition) is 3. The summed E-state index contributed by atoms with van der Waals surface area (Å²) in [4.78, 5) is 44.9. The average Bonchev–Trinajstić information content (AvgIpc) is 3.30. The summed E-state index contributed by atoms with van der Waals surface area (Å²) in [5.74, 6) is -0.0366. The largest absolute Gasteiger partial charge is 0.444 e. The summed E-state index contributed by atoms with van der Waals surface area (Å²) >= 11 is 0. The number of carbonyl (C=O) groups is 3. The molecule has 0 bridgehead atoms. The van der Waals surface area contributed by atoms with E-state index in [1.807, 2.05) is 41.4 Å². The lowest BCUT2D eigenvalue weighted by Gasteiger charge is -2.35. The molecule has 3 amide bonds. The van der Waals surface area contributed by atoms with Gasteiger partial charge in [0.05, 0.1) is 0 Å². The van der Waals surface area contributed by atoms with Crippen LogP contribution in [0.25, 0.3) is 10.9 Å². The maximum atomic E-state index is 13.9. The number of benzene rings is 2. The topological polar surface area (TPSA) is 104 Å². The number of alkyl carbamates (subject to hydrolysis) is 1. The lowest BCUT2D eigenvalue weighted by atomic mass is 9.89. The number of hydrogen-bond acceptors (Lipinski definition) is 4. The van der Waals surface area contributed by atoms with Crippen LogP contribution >= 0.6 is 0 Å². The zero-order valence-corrected chi connectivity index (χ0v) is 24.3. The van der Waals surface area contributed by atoms with Crippen molar-refractivity contribution in [2.24, 2.45) is 5.92 Å². The number of ether oxygens (including phenoxy) is 1. The van der Waals surface area contributed by atoms with E-state index in [0.29, 0.717) is 25.4 Å². The summed E-state index contributed by atoms with van der Waals surface area (Å²) in [5.41, 5.74) is 1.26. The lowest BCUT2D eigenvalue weighted by Crippen LogP contribution is -2.60. The van der Waals surface area contributed by atoms with E-state index in [4.69, 9.17) is 4.74 Å². The molecule has 1 aliphatic heterocycles. The molecule has 1 saturated heterocycles. The molecule has 1 fully saturated rings. The fourth-order valence-electron chi connectivity index (χ4n) is 5.20. The quantitative estimate of drug-likeness (QED) is 0.371. The number of carbonyl (C=O) groups excluding carboxylic acids is 3. The molecule has 8 heteroatoms. The molecule has 2 aromatic carbocycles. The van der Waals surface area contributed by atoms with Crippen LogP contribution in [0.2, 0.25) is 0 Å². The monoisotopic (exact) mass is 546 g/mol. The van der Waals surface area contributed by atoms with Gasteiger partial charge in [-0.1, -0.05) is 48.5 Å². The number of nitrogens with one attached hydrogen (secondary N) is 3. The van der Waals surface area contributed by atoms with Crippen molar-refractivity contribution in [2.45, 2.75) is 77.5 Å². The second-order valence-electron chi connectivity index (χ2n) is 12.3. The molecule has 2 heterocycles. The predicted molar refractivity (Wildman–Crippen MR) is 157 cm³/mol. The first-order valence-corrected chi connectivity index (χ1v) is 14.1. The van der Waals surface area contributed by atoms with Crippen molar-refractivity contribution in [3.63, 3.8) is 0 Å². The molecule has 1 atom stereocenters. The van der Waals surface area contributed by atoms with E-state index in [2.05, 4.69) is 39.9 Å². The number of amides is 3. The Morgan fingerprint density at radius 1 is 0.975 bits per heavy atom. The minimum absolute atomic E-state index is 0.107. The van der Waals surface area contributed by atoms with Crippen molar-refractivity contribution in [3.8, 4) is 0 Å². The van der Waals surface area contributed by atoms with E-state index in [-0.39, 0.29) is 5.91 Å². The molecule has 3 aromatic rings. The van der Waals surface area contributed by atoms with Crippen LogP contribution in [-0.2, 0) is 27.2 Å². The first-order chi connectivity index (χ1) is 18.9. The van der Waals surface area contributed by atoms with E-state index in [1.54, 1.807) is 34.6 Å². The highest BCUT2D eigenvalue weighted by Crippen LogP contribution is 2.24. The molecule has 214 valence electrons. The molecular weight excluding hydrogens is 504 g/mol. The molecule has 1 unspecified atom stereocenters. The van der Waals surface area contributed by atoms with Gasteiger partial charge in [-0.2, -0.15) is 0 Å². The van der Waals surface area contributed by atoms with Gasteiger partial charge < -0.3 is 25.3 Å². The van der Waals surface area contributed by atoms with Gasteiger partial charge in [-0.25, -0.2) is 4.79 Å². The SMILES string of the molecule is CC(C)(C)OC(=O)NC(C)(C)C(=O)NC(Cc1c[nH]c2ccccc12)C(=O)N1CCC(Cc2ccccc2)CC1. The first-order valence-electron chi connectivity index (χ1n) is 14.1. The van der Waals surface area contributed by atoms with Crippen LogP contribution in [0, 0.1) is 5.92 Å². The normalized spacial score (nSPS) is 15.5. The van der Waals surface area contributed by atoms with Crippen molar-refractivity contribution < 1.29 is 19.1 Å². The molecule has 8 nitrogen and oxygen atoms in total. The maximum Gasteiger partial charge on any atom is 0.408 e. The summed E-state index contributed by atoms with van der Waals surface area (Å²) in [5, 5.41) is 6.63. The molecule has 4 rings (SSSR count). The Morgan fingerprint density at radius 2 is 1.62 bits per heavy atom. The Balaban J connectivity index is 1.47. The van der Waals surface area contributed by atoms with Gasteiger partial charge in [0, 0.05) is 36.6 Å². The Morgan fingerprint density at radius 3 is 2.30 bits per heavy atom. The van der Waals surface area contributed by atoms with Crippen LogP contribution in [-0.4, -0.2) is 58.1 Å². The van der Waals surface area contributed by atoms with Gasteiger partial charge in [-0.15, -0.1) is 0 Å². The predicted octanol–water partition coefficient (Wildman–Crippen LogP) is 4.98. The van der Waals surface area contributed by atoms with E-state index >= 15 is 0 Å². The van der Waals surface area contributed by atoms with Crippen LogP contribution in [0.3, 0.4) is 0 Å². The smallest absolute Gasteiger partial charge is 0.408 e. The summed E-state index contributed by atoms with van der Waals surface area (Å²) in [7, 11) is 0. The standard InChI is InChI=1S/C32H42N4O4/c1-31(2,3)40-30(39)35-32(4,5)29(38)34-27(20-24-21-33-26-14-10-9-13-25(24)26)28(37)36-17-15-23(16-18-36)19-22-11-7-6-8-12-22/h6-14,21,23,27,33H,15-20H2,1-5H3,(H,34,38)(H,35,39). The summed E-state index contributed by atoms with van der Waals surface area (Å²) in [6.45, 7) is 9.80. The highest BCUT2D eigenvalue weighted by atomic mass is 16.6. The third-order valence-corrected chi connectivity index (χ3v) is 7.38. The highest BCUT2D eigenvalue weighted by molar-refractivity contribution is 5.94. The molecular formula is C32H42N4O4. The van der Waals surface area contributed by atoms with Crippen molar-refractivity contribution >= 4 is 28.8 Å². The summed E-state index contributed by atoms with van der Waals surface area (Å²) in [6, 6.07) is 17.6. The summed E-state index contributed by atoms with van der Waals surface area (Å²) < 4.78 is 5.35. The third kappa shape index (κ3) is 7.64. The molecule has 0 radical (unpaired) electrons. The van der Waals surface area contributed by atoms with Crippen LogP contribution in [0.15, 0.2) is 60.8 Å². The van der Waals surface area contributed by atoms with Gasteiger partial charge in [0.2, 0.25) is 11.8 Å². The Bertz CT molecular complexity index is 1320. The second-order valence-corrected chi connectivity index (χ2v) is 12.3. The number of likely N-dealkylation sites (tertiary alicyclic amines) is 1. The molecule has 0 spiro atoms. The molecule has 40 heavy (non-hydrogen) atoms. The minimum Gasteiger partial charge on any atom is -0.444 e. The zero-order chi connectivity index (χ0) is 28.9. The fourth-order valence-corrected chi connectivity index (χ4v) is 5.20. The molecule has 3 N–H and O–H groups in total. The number of piperidine rings is 1. The maximum absolute atomic E-state index is 13.9. The summed E-state index contributed by atoms with van der Waals surface area (Å²) in [6.07, 6.45) is 4.38. The molecule has 0 aliphatic carbocycles. The minimum atomic E-state index is -1.29. The van der Waals surface area contributed by atoms with Gasteiger partial charge in [0.25, 0.3) is 0 Å². The van der Waals surface area contributed by atoms with Crippen LogP contribution in [0.1, 0.15) is 58.6 Å². The number of nitrogens with zero attached hydrogens (tertiary/aromatic N) is 1. The molecule has 1 aliphatic rings. The number of fused-ring (bicyclic) bond motifs is 1. The van der Waals surface area contributed by atoms with Gasteiger partial charge in [-0.3, -0.25) is 9.59 Å². The van der Waals surface area contributed by atoms with Crippen molar-refractivity contribution in [1.29, 1.82) is 0 Å². The highest BCUT2D eigenvalue weighted by Gasteiger charge is 2.36. The van der Waals surface area contributed by atoms with Crippen LogP contribution in [0.4, 0.5) is 4.79 Å². The van der Waals surface area contributed by atoms with Crippen molar-refractivity contribution in [1.82, 2.24) is 20.5 Å². The number of aromatic amines is 1. The van der Waals surface area contributed by atoms with Gasteiger partial charge in [0.1, 0.15) is 17.2 Å². The van der Waals surface area contributed by atoms with Gasteiger partial charge in [0.15, 0.2) is 0 Å². The average molecular weight is 547 g/mol. The van der Waals surface area contributed by atoms with Crippen molar-refractivity contribution in [2.75, 3.05) is 13.1 Å². The van der Waals surface area contributed by atoms with Crippen LogP contribution in [0.5, 0.6) is 0 Å². The lowest BCUT2D eigenvalue weighted by molar-refractivity contribution is -0.138. The number of para-hydroxylation sites is 1. The fraction of sp³-hybridized carbons (Fsp3) is 0.469. The second kappa shape index (κ2) is 12.1. The van der Waals surface area contributed by atoms with Gasteiger partial charge in [-0.05, 0) is 77.0 Å². The van der Waals surface area contributed by atoms with Crippen molar-refractivity contribution in [3.05, 3.63) is 71.9 Å². The first kappa shape index (κ1) is 29.2. The third-order valence-electron chi connectivity index (χ3n) is 7.38. The Labute approximate surface area is 236 Å². The van der Waals surface area contributed by atoms with E-state index < -0.39 is 29.2 Å². The number of H-pyrrole nitrogens is 1. The number of aromatic nitrogens is 1. The van der Waals surface area contributed by atoms with E-state index in [1.165, 1.54) is 5.56 Å². The number of rotatable bonds is 8.